The van der Waals surface area contributed by atoms with Gasteiger partial charge in [-0.15, -0.1) is 0 Å². The van der Waals surface area contributed by atoms with Crippen molar-refractivity contribution < 1.29 is 0 Å². The number of aromatic amines is 1. The number of H-pyrrole nitrogens is 1. The fraction of sp³-hybridized carbons (Fsp3) is 0.310. The maximum Gasteiger partial charge on any atom is 0.0475 e. The van der Waals surface area contributed by atoms with E-state index in [4.69, 9.17) is 0 Å². The predicted molar refractivity (Wildman–Crippen MR) is 140 cm³/mol. The first kappa shape index (κ1) is 24.3. The van der Waals surface area contributed by atoms with Gasteiger partial charge >= 0.3 is 0 Å². The smallest absolute Gasteiger partial charge is 0.0475 e. The van der Waals surface area contributed by atoms with Crippen molar-refractivity contribution in [3.05, 3.63) is 96.0 Å². The van der Waals surface area contributed by atoms with Gasteiger partial charge in [0.1, 0.15) is 0 Å². The average molecular weight is 415 g/mol. The molecule has 0 aliphatic heterocycles. The first-order valence-corrected chi connectivity index (χ1v) is 11.4. The van der Waals surface area contributed by atoms with Gasteiger partial charge in [-0.3, -0.25) is 0 Å². The van der Waals surface area contributed by atoms with E-state index in [1.807, 2.05) is 31.2 Å². The molecule has 1 aromatic heterocycles. The minimum atomic E-state index is 0.640. The number of hydrogen-bond acceptors (Lipinski definition) is 1. The van der Waals surface area contributed by atoms with Crippen molar-refractivity contribution in [1.29, 1.82) is 0 Å². The minimum Gasteiger partial charge on any atom is -0.359 e. The Balaban J connectivity index is 2.28. The lowest BCUT2D eigenvalue weighted by Gasteiger charge is -2.17. The number of anilines is 1. The molecule has 2 N–H and O–H groups in total. The van der Waals surface area contributed by atoms with E-state index in [0.717, 1.165) is 33.9 Å². The van der Waals surface area contributed by atoms with Crippen molar-refractivity contribution in [2.45, 2.75) is 59.3 Å². The quantitative estimate of drug-likeness (QED) is 0.333. The third-order valence-electron chi connectivity index (χ3n) is 5.39. The van der Waals surface area contributed by atoms with Gasteiger partial charge in [0.25, 0.3) is 0 Å². The molecule has 2 rings (SSSR count). The van der Waals surface area contributed by atoms with Gasteiger partial charge in [0.2, 0.25) is 0 Å². The highest BCUT2D eigenvalue weighted by Gasteiger charge is 2.11. The maximum absolute atomic E-state index is 3.99. The lowest BCUT2D eigenvalue weighted by molar-refractivity contribution is 0.561. The molecule has 1 aromatic carbocycles. The van der Waals surface area contributed by atoms with Crippen molar-refractivity contribution in [2.75, 3.05) is 5.32 Å². The molecule has 0 aliphatic rings. The summed E-state index contributed by atoms with van der Waals surface area (Å²) in [5.74, 6) is 0.640. The zero-order valence-corrected chi connectivity index (χ0v) is 19.7. The normalized spacial score (nSPS) is 12.5. The van der Waals surface area contributed by atoms with Crippen LogP contribution in [0.3, 0.4) is 0 Å². The van der Waals surface area contributed by atoms with Gasteiger partial charge < -0.3 is 10.3 Å². The van der Waals surface area contributed by atoms with Crippen LogP contribution in [0.25, 0.3) is 17.7 Å². The molecular weight excluding hydrogens is 376 g/mol. The van der Waals surface area contributed by atoms with Gasteiger partial charge in [-0.2, -0.15) is 0 Å². The summed E-state index contributed by atoms with van der Waals surface area (Å²) in [7, 11) is 0. The topological polar surface area (TPSA) is 27.8 Å². The van der Waals surface area contributed by atoms with Crippen LogP contribution in [-0.2, 0) is 0 Å². The van der Waals surface area contributed by atoms with Crippen molar-refractivity contribution in [1.82, 2.24) is 4.98 Å². The summed E-state index contributed by atoms with van der Waals surface area (Å²) in [6, 6.07) is 11.0. The van der Waals surface area contributed by atoms with Crippen LogP contribution in [0, 0.1) is 0 Å². The van der Waals surface area contributed by atoms with Gasteiger partial charge in [-0.25, -0.2) is 0 Å². The summed E-state index contributed by atoms with van der Waals surface area (Å²) >= 11 is 0. The standard InChI is InChI=1S/C29H38N2/c1-7-13-24(14-8-2)26-17-12-18-27(20-26)30-22(6)19-28-23(11-5)21-29(31-28)25(15-9-3)16-10-4/h9-12,15-21,24,30-31H,3,5,7-8,13-14H2,1-2,4,6H3/b16-10-,22-19+,25-15+. The summed E-state index contributed by atoms with van der Waals surface area (Å²) in [4.78, 5) is 3.53. The van der Waals surface area contributed by atoms with Crippen LogP contribution >= 0.6 is 0 Å². The number of aromatic nitrogens is 1. The highest BCUT2D eigenvalue weighted by molar-refractivity contribution is 5.77. The molecule has 0 aliphatic carbocycles. The number of allylic oxidation sites excluding steroid dienone is 6. The summed E-state index contributed by atoms with van der Waals surface area (Å²) in [5.41, 5.74) is 7.91. The number of benzene rings is 1. The predicted octanol–water partition coefficient (Wildman–Crippen LogP) is 8.96. The molecule has 2 nitrogen and oxygen atoms in total. The summed E-state index contributed by atoms with van der Waals surface area (Å²) < 4.78 is 0. The Kier molecular flexibility index (Phi) is 9.90. The van der Waals surface area contributed by atoms with Crippen LogP contribution in [0.2, 0.25) is 0 Å². The van der Waals surface area contributed by atoms with Crippen LogP contribution in [-0.4, -0.2) is 4.98 Å². The van der Waals surface area contributed by atoms with Crippen LogP contribution in [0.5, 0.6) is 0 Å². The largest absolute Gasteiger partial charge is 0.359 e. The van der Waals surface area contributed by atoms with E-state index in [9.17, 15) is 0 Å². The minimum absolute atomic E-state index is 0.640. The van der Waals surface area contributed by atoms with Crippen molar-refractivity contribution in [3.8, 4) is 0 Å². The van der Waals surface area contributed by atoms with Gasteiger partial charge in [-0.1, -0.05) is 82.4 Å². The first-order valence-electron chi connectivity index (χ1n) is 11.4. The van der Waals surface area contributed by atoms with E-state index in [1.165, 1.54) is 31.2 Å². The Morgan fingerprint density at radius 1 is 1.13 bits per heavy atom. The van der Waals surface area contributed by atoms with Crippen LogP contribution in [0.4, 0.5) is 5.69 Å². The number of nitrogens with one attached hydrogen (secondary N) is 2. The monoisotopic (exact) mass is 414 g/mol. The Morgan fingerprint density at radius 2 is 1.87 bits per heavy atom. The molecule has 31 heavy (non-hydrogen) atoms. The van der Waals surface area contributed by atoms with Gasteiger partial charge in [-0.05, 0) is 73.6 Å². The van der Waals surface area contributed by atoms with Gasteiger partial charge in [0, 0.05) is 22.8 Å². The molecule has 0 saturated carbocycles. The van der Waals surface area contributed by atoms with E-state index in [0.29, 0.717) is 5.92 Å². The second kappa shape index (κ2) is 12.6. The molecule has 0 fully saturated rings. The Hall–Kier alpha value is -3.00. The van der Waals surface area contributed by atoms with Gasteiger partial charge in [0.05, 0.1) is 0 Å². The molecule has 0 spiro atoms. The SMILES string of the molecule is C=C/C=C(\C=C/C)c1cc(C=C)c(/C=C(\C)Nc2cccc(C(CCC)CCC)c2)[nH]1. The van der Waals surface area contributed by atoms with Crippen LogP contribution < -0.4 is 5.32 Å². The fourth-order valence-electron chi connectivity index (χ4n) is 4.00. The van der Waals surface area contributed by atoms with Crippen molar-refractivity contribution in [3.63, 3.8) is 0 Å². The van der Waals surface area contributed by atoms with Crippen molar-refractivity contribution in [2.24, 2.45) is 0 Å². The van der Waals surface area contributed by atoms with E-state index in [2.05, 4.69) is 86.7 Å². The fourth-order valence-corrected chi connectivity index (χ4v) is 4.00. The van der Waals surface area contributed by atoms with Crippen LogP contribution in [0.15, 0.2) is 73.5 Å². The third kappa shape index (κ3) is 7.03. The summed E-state index contributed by atoms with van der Waals surface area (Å²) in [5, 5.41) is 3.57. The zero-order chi connectivity index (χ0) is 22.6. The first-order chi connectivity index (χ1) is 15.1. The van der Waals surface area contributed by atoms with Crippen LogP contribution in [0.1, 0.15) is 81.8 Å². The maximum atomic E-state index is 3.99. The number of hydrogen-bond donors (Lipinski definition) is 2. The highest BCUT2D eigenvalue weighted by atomic mass is 14.9. The van der Waals surface area contributed by atoms with E-state index < -0.39 is 0 Å². The van der Waals surface area contributed by atoms with Crippen molar-refractivity contribution >= 4 is 23.4 Å². The second-order valence-electron chi connectivity index (χ2n) is 7.97. The van der Waals surface area contributed by atoms with E-state index in [-0.39, 0.29) is 0 Å². The van der Waals surface area contributed by atoms with E-state index >= 15 is 0 Å². The molecular formula is C29H38N2. The molecule has 2 aromatic rings. The molecule has 0 bridgehead atoms. The van der Waals surface area contributed by atoms with Gasteiger partial charge in [0.15, 0.2) is 0 Å². The van der Waals surface area contributed by atoms with E-state index in [1.54, 1.807) is 0 Å². The number of rotatable bonds is 12. The average Bonchev–Trinajstić information content (AvgIpc) is 3.16. The Morgan fingerprint density at radius 3 is 2.48 bits per heavy atom. The summed E-state index contributed by atoms with van der Waals surface area (Å²) in [6.07, 6.45) is 16.9. The molecule has 0 saturated heterocycles. The molecule has 0 unspecified atom stereocenters. The molecule has 0 atom stereocenters. The molecule has 0 amide bonds. The lowest BCUT2D eigenvalue weighted by Crippen LogP contribution is -2.01. The third-order valence-corrected chi connectivity index (χ3v) is 5.39. The Bertz CT molecular complexity index is 947. The zero-order valence-electron chi connectivity index (χ0n) is 19.7. The molecule has 2 heteroatoms. The molecule has 164 valence electrons. The second-order valence-corrected chi connectivity index (χ2v) is 7.97. The Labute approximate surface area is 189 Å². The molecule has 0 radical (unpaired) electrons. The summed E-state index contributed by atoms with van der Waals surface area (Å²) in [6.45, 7) is 16.5. The molecule has 1 heterocycles. The lowest BCUT2D eigenvalue weighted by atomic mass is 9.90. The highest BCUT2D eigenvalue weighted by Crippen LogP contribution is 2.29.